The third kappa shape index (κ3) is 12.0. The molecule has 236 valence electrons. The molecular formula is C34H34O11. The molecule has 0 aliphatic rings. The van der Waals surface area contributed by atoms with Crippen molar-refractivity contribution in [3.8, 4) is 28.4 Å². The van der Waals surface area contributed by atoms with E-state index in [4.69, 9.17) is 33.5 Å². The summed E-state index contributed by atoms with van der Waals surface area (Å²) >= 11 is 0. The van der Waals surface area contributed by atoms with Crippen molar-refractivity contribution in [2.75, 3.05) is 33.0 Å². The first-order chi connectivity index (χ1) is 21.8. The summed E-state index contributed by atoms with van der Waals surface area (Å²) in [5.74, 6) is -0.456. The minimum Gasteiger partial charge on any atom is -0.493 e. The maximum Gasteiger partial charge on any atom is 0.513 e. The number of aliphatic hydroxyl groups is 1. The van der Waals surface area contributed by atoms with E-state index in [1.165, 1.54) is 0 Å². The number of ether oxygens (including phenoxy) is 6. The van der Waals surface area contributed by atoms with E-state index in [2.05, 4.69) is 13.2 Å². The molecular weight excluding hydrogens is 584 g/mol. The normalized spacial score (nSPS) is 10.2. The topological polar surface area (TPSA) is 144 Å². The van der Waals surface area contributed by atoms with E-state index in [9.17, 15) is 19.2 Å². The number of carbonyl (C=O) groups excluding carboxylic acids is 4. The number of benzene rings is 3. The Labute approximate surface area is 260 Å². The Hall–Kier alpha value is -5.42. The van der Waals surface area contributed by atoms with E-state index >= 15 is 0 Å². The van der Waals surface area contributed by atoms with Gasteiger partial charge in [0.1, 0.15) is 17.2 Å². The van der Waals surface area contributed by atoms with E-state index in [1.54, 1.807) is 72.8 Å². The van der Waals surface area contributed by atoms with Crippen molar-refractivity contribution in [2.45, 2.75) is 19.3 Å². The molecule has 0 unspecified atom stereocenters. The average Bonchev–Trinajstić information content (AvgIpc) is 3.06. The number of rotatable bonds is 17. The maximum atomic E-state index is 12.6. The van der Waals surface area contributed by atoms with Gasteiger partial charge in [-0.25, -0.2) is 19.2 Å². The molecule has 3 aromatic rings. The van der Waals surface area contributed by atoms with Gasteiger partial charge in [-0.2, -0.15) is 0 Å². The van der Waals surface area contributed by atoms with Gasteiger partial charge in [-0.1, -0.05) is 37.4 Å². The molecule has 45 heavy (non-hydrogen) atoms. The van der Waals surface area contributed by atoms with Crippen LogP contribution in [0.3, 0.4) is 0 Å². The van der Waals surface area contributed by atoms with Crippen molar-refractivity contribution < 1.29 is 52.7 Å². The number of unbranched alkanes of at least 4 members (excludes halogenated alkanes) is 1. The summed E-state index contributed by atoms with van der Waals surface area (Å²) in [5.41, 5.74) is 2.04. The van der Waals surface area contributed by atoms with Gasteiger partial charge in [0, 0.05) is 12.5 Å². The molecule has 0 fully saturated rings. The molecule has 3 rings (SSSR count). The van der Waals surface area contributed by atoms with Crippen LogP contribution >= 0.6 is 0 Å². The Bertz CT molecular complexity index is 1440. The Kier molecular flexibility index (Phi) is 13.8. The summed E-state index contributed by atoms with van der Waals surface area (Å²) < 4.78 is 31.0. The van der Waals surface area contributed by atoms with Gasteiger partial charge in [0.2, 0.25) is 0 Å². The predicted octanol–water partition coefficient (Wildman–Crippen LogP) is 5.46. The molecule has 3 aromatic carbocycles. The van der Waals surface area contributed by atoms with Gasteiger partial charge in [-0.15, -0.1) is 0 Å². The summed E-state index contributed by atoms with van der Waals surface area (Å²) in [6.07, 6.45) is 1.75. The van der Waals surface area contributed by atoms with E-state index in [-0.39, 0.29) is 25.4 Å². The van der Waals surface area contributed by atoms with Crippen LogP contribution in [-0.2, 0) is 23.8 Å². The summed E-state index contributed by atoms with van der Waals surface area (Å²) in [7, 11) is 0. The minimum absolute atomic E-state index is 0.00705. The third-order valence-electron chi connectivity index (χ3n) is 5.98. The van der Waals surface area contributed by atoms with E-state index in [0.29, 0.717) is 48.7 Å². The zero-order valence-corrected chi connectivity index (χ0v) is 24.6. The zero-order valence-electron chi connectivity index (χ0n) is 24.6. The zero-order chi connectivity index (χ0) is 32.4. The quantitative estimate of drug-likeness (QED) is 0.0514. The Balaban J connectivity index is 1.39. The number of hydrogen-bond donors (Lipinski definition) is 1. The van der Waals surface area contributed by atoms with Gasteiger partial charge in [0.15, 0.2) is 0 Å². The molecule has 0 saturated carbocycles. The van der Waals surface area contributed by atoms with Gasteiger partial charge < -0.3 is 33.5 Å². The second kappa shape index (κ2) is 18.3. The fourth-order valence-corrected chi connectivity index (χ4v) is 3.58. The molecule has 1 N–H and O–H groups in total. The van der Waals surface area contributed by atoms with Crippen LogP contribution in [0.15, 0.2) is 97.6 Å². The Morgan fingerprint density at radius 2 is 1.18 bits per heavy atom. The van der Waals surface area contributed by atoms with Gasteiger partial charge in [0.05, 0.1) is 44.2 Å². The summed E-state index contributed by atoms with van der Waals surface area (Å²) in [6, 6.07) is 20.2. The molecule has 11 nitrogen and oxygen atoms in total. The van der Waals surface area contributed by atoms with Crippen LogP contribution in [0.2, 0.25) is 0 Å². The standard InChI is InChI=1S/C34H34O11/c1-3-31(36)41-19-4-5-20-43-34(39)45-30-13-11-26(12-14-30)25-7-9-27(10-8-25)33(38)44-29-17-15-28(16-18-29)40-21-6-22-42-32(37)24(2)23-35/h3,7-18,35H,1-2,4-6,19-23H2. The van der Waals surface area contributed by atoms with Crippen molar-refractivity contribution >= 4 is 24.1 Å². The molecule has 0 aliphatic heterocycles. The monoisotopic (exact) mass is 618 g/mol. The lowest BCUT2D eigenvalue weighted by Crippen LogP contribution is -2.12. The average molecular weight is 619 g/mol. The molecule has 0 radical (unpaired) electrons. The van der Waals surface area contributed by atoms with Gasteiger partial charge in [-0.3, -0.25) is 0 Å². The highest BCUT2D eigenvalue weighted by atomic mass is 16.7. The number of hydrogen-bond acceptors (Lipinski definition) is 11. The summed E-state index contributed by atoms with van der Waals surface area (Å²) in [6.45, 7) is 7.02. The van der Waals surface area contributed by atoms with Crippen LogP contribution < -0.4 is 14.2 Å². The number of carbonyl (C=O) groups is 4. The minimum atomic E-state index is -0.835. The SMILES string of the molecule is C=CC(=O)OCCCCOC(=O)Oc1ccc(-c2ccc(C(=O)Oc3ccc(OCCCOC(=O)C(=C)CO)cc3)cc2)cc1. The van der Waals surface area contributed by atoms with Crippen molar-refractivity contribution in [3.63, 3.8) is 0 Å². The predicted molar refractivity (Wildman–Crippen MR) is 163 cm³/mol. The van der Waals surface area contributed by atoms with Crippen LogP contribution in [0.4, 0.5) is 4.79 Å². The molecule has 0 bridgehead atoms. The highest BCUT2D eigenvalue weighted by Gasteiger charge is 2.11. The molecule has 0 aromatic heterocycles. The van der Waals surface area contributed by atoms with Crippen LogP contribution in [0, 0.1) is 0 Å². The molecule has 0 amide bonds. The number of esters is 3. The fourth-order valence-electron chi connectivity index (χ4n) is 3.58. The van der Waals surface area contributed by atoms with E-state index in [1.807, 2.05) is 0 Å². The van der Waals surface area contributed by atoms with E-state index < -0.39 is 30.7 Å². The highest BCUT2D eigenvalue weighted by molar-refractivity contribution is 5.91. The summed E-state index contributed by atoms with van der Waals surface area (Å²) in [5, 5.41) is 8.84. The molecule has 0 atom stereocenters. The lowest BCUT2D eigenvalue weighted by molar-refractivity contribution is -0.140. The lowest BCUT2D eigenvalue weighted by Gasteiger charge is -2.09. The van der Waals surface area contributed by atoms with Crippen LogP contribution in [0.25, 0.3) is 11.1 Å². The van der Waals surface area contributed by atoms with Crippen LogP contribution in [-0.4, -0.2) is 62.2 Å². The van der Waals surface area contributed by atoms with Crippen molar-refractivity contribution in [1.29, 1.82) is 0 Å². The van der Waals surface area contributed by atoms with Crippen molar-refractivity contribution in [3.05, 3.63) is 103 Å². The summed E-state index contributed by atoms with van der Waals surface area (Å²) in [4.78, 5) is 46.9. The molecule has 0 spiro atoms. The second-order valence-corrected chi connectivity index (χ2v) is 9.34. The molecule has 0 saturated heterocycles. The lowest BCUT2D eigenvalue weighted by atomic mass is 10.0. The fraction of sp³-hybridized carbons (Fsp3) is 0.235. The van der Waals surface area contributed by atoms with Crippen molar-refractivity contribution in [1.82, 2.24) is 0 Å². The smallest absolute Gasteiger partial charge is 0.493 e. The highest BCUT2D eigenvalue weighted by Crippen LogP contribution is 2.24. The number of aliphatic hydroxyl groups excluding tert-OH is 1. The molecule has 0 heterocycles. The maximum absolute atomic E-state index is 12.6. The Morgan fingerprint density at radius 3 is 1.80 bits per heavy atom. The third-order valence-corrected chi connectivity index (χ3v) is 5.98. The van der Waals surface area contributed by atoms with Gasteiger partial charge in [0.25, 0.3) is 0 Å². The molecule has 11 heteroatoms. The first-order valence-electron chi connectivity index (χ1n) is 14.0. The second-order valence-electron chi connectivity index (χ2n) is 9.34. The van der Waals surface area contributed by atoms with E-state index in [0.717, 1.165) is 17.2 Å². The molecule has 0 aliphatic carbocycles. The van der Waals surface area contributed by atoms with Crippen LogP contribution in [0.1, 0.15) is 29.6 Å². The van der Waals surface area contributed by atoms with Gasteiger partial charge >= 0.3 is 24.1 Å². The first kappa shape index (κ1) is 34.1. The first-order valence-corrected chi connectivity index (χ1v) is 14.0. The van der Waals surface area contributed by atoms with Crippen LogP contribution in [0.5, 0.6) is 17.2 Å². The van der Waals surface area contributed by atoms with Crippen molar-refractivity contribution in [2.24, 2.45) is 0 Å². The largest absolute Gasteiger partial charge is 0.513 e. The Morgan fingerprint density at radius 1 is 0.644 bits per heavy atom. The van der Waals surface area contributed by atoms with Gasteiger partial charge in [-0.05, 0) is 72.5 Å².